The molecule has 98 valence electrons. The van der Waals surface area contributed by atoms with Crippen LogP contribution >= 0.6 is 0 Å². The number of nitro benzene ring substituents is 1. The van der Waals surface area contributed by atoms with Gasteiger partial charge in [-0.15, -0.1) is 0 Å². The molecule has 0 radical (unpaired) electrons. The van der Waals surface area contributed by atoms with E-state index in [0.717, 1.165) is 0 Å². The number of nitrogens with zero attached hydrogens (tertiary/aromatic N) is 2. The largest absolute Gasteiger partial charge is 0.394 e. The lowest BCUT2D eigenvalue weighted by Crippen LogP contribution is -2.44. The predicted octanol–water partition coefficient (Wildman–Crippen LogP) is 1.61. The maximum Gasteiger partial charge on any atom is 0.270 e. The number of carbonyl (C=O) groups is 1. The Labute approximate surface area is 105 Å². The molecule has 0 aliphatic heterocycles. The minimum atomic E-state index is -0.562. The van der Waals surface area contributed by atoms with Crippen LogP contribution in [0.2, 0.25) is 0 Å². The highest BCUT2D eigenvalue weighted by Gasteiger charge is 2.25. The van der Waals surface area contributed by atoms with E-state index < -0.39 is 10.5 Å². The number of likely N-dealkylation sites (N-methyl/N-ethyl adjacent to an activating group) is 1. The van der Waals surface area contributed by atoms with E-state index in [0.29, 0.717) is 12.0 Å². The van der Waals surface area contributed by atoms with Crippen molar-refractivity contribution < 1.29 is 14.8 Å². The van der Waals surface area contributed by atoms with Crippen molar-refractivity contribution in [3.63, 3.8) is 0 Å². The van der Waals surface area contributed by atoms with Crippen molar-refractivity contribution in [2.24, 2.45) is 0 Å². The van der Waals surface area contributed by atoms with Gasteiger partial charge in [-0.3, -0.25) is 14.9 Å². The average Bonchev–Trinajstić information content (AvgIpc) is 2.36. The van der Waals surface area contributed by atoms with Crippen molar-refractivity contribution in [2.75, 3.05) is 18.6 Å². The Hall–Kier alpha value is -1.95. The number of rotatable bonds is 5. The Morgan fingerprint density at radius 2 is 2.11 bits per heavy atom. The molecule has 0 saturated heterocycles. The van der Waals surface area contributed by atoms with Crippen molar-refractivity contribution in [3.8, 4) is 0 Å². The smallest absolute Gasteiger partial charge is 0.270 e. The number of aliphatic hydroxyl groups excluding tert-OH is 1. The van der Waals surface area contributed by atoms with E-state index in [1.165, 1.54) is 18.2 Å². The minimum absolute atomic E-state index is 0.0984. The van der Waals surface area contributed by atoms with Crippen molar-refractivity contribution in [1.82, 2.24) is 0 Å². The maximum atomic E-state index is 11.0. The molecule has 1 aromatic rings. The fraction of sp³-hybridized carbons (Fsp3) is 0.417. The molecule has 0 spiro atoms. The van der Waals surface area contributed by atoms with Gasteiger partial charge in [0.15, 0.2) is 6.29 Å². The van der Waals surface area contributed by atoms with E-state index in [9.17, 15) is 20.0 Å². The number of benzene rings is 1. The highest BCUT2D eigenvalue weighted by atomic mass is 16.6. The van der Waals surface area contributed by atoms with Crippen LogP contribution in [0, 0.1) is 10.1 Å². The van der Waals surface area contributed by atoms with Crippen LogP contribution in [0.15, 0.2) is 18.2 Å². The summed E-state index contributed by atoms with van der Waals surface area (Å²) >= 11 is 0. The average molecular weight is 252 g/mol. The number of hydrogen-bond acceptors (Lipinski definition) is 5. The van der Waals surface area contributed by atoms with Crippen LogP contribution in [0.1, 0.15) is 24.2 Å². The van der Waals surface area contributed by atoms with Crippen molar-refractivity contribution in [1.29, 1.82) is 0 Å². The fourth-order valence-electron chi connectivity index (χ4n) is 1.49. The van der Waals surface area contributed by atoms with Gasteiger partial charge in [0.1, 0.15) is 0 Å². The molecule has 0 unspecified atom stereocenters. The molecule has 0 atom stereocenters. The van der Waals surface area contributed by atoms with E-state index in [1.807, 2.05) is 13.8 Å². The first kappa shape index (κ1) is 14.1. The molecule has 0 amide bonds. The standard InChI is InChI=1S/C12H16N2O4/c1-12(2,8-16)13(3)11-5-4-10(14(17)18)6-9(11)7-15/h4-7,16H,8H2,1-3H3. The second-order valence-corrected chi connectivity index (χ2v) is 4.65. The van der Waals surface area contributed by atoms with E-state index in [2.05, 4.69) is 0 Å². The number of non-ortho nitro benzene ring substituents is 1. The second kappa shape index (κ2) is 5.14. The molecule has 6 heteroatoms. The van der Waals surface area contributed by atoms with Crippen molar-refractivity contribution >= 4 is 17.7 Å². The number of nitro groups is 1. The third-order valence-electron chi connectivity index (χ3n) is 3.01. The highest BCUT2D eigenvalue weighted by Crippen LogP contribution is 2.28. The van der Waals surface area contributed by atoms with Crippen LogP contribution < -0.4 is 4.90 Å². The normalized spacial score (nSPS) is 11.1. The summed E-state index contributed by atoms with van der Waals surface area (Å²) in [4.78, 5) is 22.8. The third-order valence-corrected chi connectivity index (χ3v) is 3.01. The van der Waals surface area contributed by atoms with Gasteiger partial charge in [0.25, 0.3) is 5.69 Å². The Balaban J connectivity index is 3.25. The third kappa shape index (κ3) is 2.65. The summed E-state index contributed by atoms with van der Waals surface area (Å²) < 4.78 is 0. The van der Waals surface area contributed by atoms with Crippen LogP contribution in [0.4, 0.5) is 11.4 Å². The van der Waals surface area contributed by atoms with E-state index in [-0.39, 0.29) is 17.9 Å². The Bertz CT molecular complexity index is 471. The summed E-state index contributed by atoms with van der Waals surface area (Å²) in [7, 11) is 1.73. The van der Waals surface area contributed by atoms with Gasteiger partial charge in [-0.25, -0.2) is 0 Å². The second-order valence-electron chi connectivity index (χ2n) is 4.65. The van der Waals surface area contributed by atoms with Crippen LogP contribution in [0.5, 0.6) is 0 Å². The van der Waals surface area contributed by atoms with Gasteiger partial charge in [0.05, 0.1) is 17.1 Å². The first-order valence-corrected chi connectivity index (χ1v) is 5.42. The van der Waals surface area contributed by atoms with E-state index in [4.69, 9.17) is 0 Å². The zero-order chi connectivity index (χ0) is 13.9. The lowest BCUT2D eigenvalue weighted by atomic mass is 10.0. The van der Waals surface area contributed by atoms with Gasteiger partial charge < -0.3 is 10.0 Å². The highest BCUT2D eigenvalue weighted by molar-refractivity contribution is 5.86. The summed E-state index contributed by atoms with van der Waals surface area (Å²) in [5, 5.41) is 19.9. The molecule has 0 heterocycles. The molecule has 0 fully saturated rings. The summed E-state index contributed by atoms with van der Waals surface area (Å²) in [5.74, 6) is 0. The lowest BCUT2D eigenvalue weighted by Gasteiger charge is -2.36. The van der Waals surface area contributed by atoms with Crippen LogP contribution in [-0.4, -0.2) is 35.5 Å². The molecule has 0 aliphatic carbocycles. The summed E-state index contributed by atoms with van der Waals surface area (Å²) in [6.07, 6.45) is 0.576. The minimum Gasteiger partial charge on any atom is -0.394 e. The first-order chi connectivity index (χ1) is 8.33. The predicted molar refractivity (Wildman–Crippen MR) is 68.1 cm³/mol. The monoisotopic (exact) mass is 252 g/mol. The summed E-state index contributed by atoms with van der Waals surface area (Å²) in [5.41, 5.74) is 0.0902. The molecule has 1 aromatic carbocycles. The van der Waals surface area contributed by atoms with Crippen LogP contribution in [0.25, 0.3) is 0 Å². The molecule has 1 rings (SSSR count). The van der Waals surface area contributed by atoms with Gasteiger partial charge in [0.2, 0.25) is 0 Å². The van der Waals surface area contributed by atoms with Crippen molar-refractivity contribution in [3.05, 3.63) is 33.9 Å². The quantitative estimate of drug-likeness (QED) is 0.489. The molecule has 0 aliphatic rings. The lowest BCUT2D eigenvalue weighted by molar-refractivity contribution is -0.384. The SMILES string of the molecule is CN(c1ccc([N+](=O)[O-])cc1C=O)C(C)(C)CO. The molecule has 0 aromatic heterocycles. The molecule has 0 saturated carbocycles. The number of hydrogen-bond donors (Lipinski definition) is 1. The van der Waals surface area contributed by atoms with Gasteiger partial charge in [-0.1, -0.05) is 0 Å². The van der Waals surface area contributed by atoms with Gasteiger partial charge in [0, 0.05) is 30.4 Å². The number of aldehydes is 1. The summed E-state index contributed by atoms with van der Waals surface area (Å²) in [6, 6.07) is 4.08. The maximum absolute atomic E-state index is 11.0. The van der Waals surface area contributed by atoms with Crippen LogP contribution in [0.3, 0.4) is 0 Å². The zero-order valence-electron chi connectivity index (χ0n) is 10.6. The molecular weight excluding hydrogens is 236 g/mol. The zero-order valence-corrected chi connectivity index (χ0v) is 10.6. The fourth-order valence-corrected chi connectivity index (χ4v) is 1.49. The topological polar surface area (TPSA) is 83.7 Å². The van der Waals surface area contributed by atoms with Crippen LogP contribution in [-0.2, 0) is 0 Å². The molecule has 0 bridgehead atoms. The Morgan fingerprint density at radius 1 is 1.50 bits per heavy atom. The molecule has 1 N–H and O–H groups in total. The van der Waals surface area contributed by atoms with Crippen molar-refractivity contribution in [2.45, 2.75) is 19.4 Å². The van der Waals surface area contributed by atoms with E-state index in [1.54, 1.807) is 11.9 Å². The van der Waals surface area contributed by atoms with Gasteiger partial charge in [-0.05, 0) is 19.9 Å². The molecule has 18 heavy (non-hydrogen) atoms. The molecular formula is C12H16N2O4. The molecule has 6 nitrogen and oxygen atoms in total. The number of aliphatic hydroxyl groups is 1. The first-order valence-electron chi connectivity index (χ1n) is 5.42. The van der Waals surface area contributed by atoms with Gasteiger partial charge >= 0.3 is 0 Å². The Morgan fingerprint density at radius 3 is 2.56 bits per heavy atom. The Kier molecular flexibility index (Phi) is 4.03. The van der Waals surface area contributed by atoms with E-state index >= 15 is 0 Å². The van der Waals surface area contributed by atoms with Gasteiger partial charge in [-0.2, -0.15) is 0 Å². The number of anilines is 1. The number of carbonyl (C=O) groups excluding carboxylic acids is 1. The summed E-state index contributed by atoms with van der Waals surface area (Å²) in [6.45, 7) is 3.52.